The van der Waals surface area contributed by atoms with Crippen LogP contribution in [0, 0.1) is 0 Å². The second-order valence-corrected chi connectivity index (χ2v) is 5.31. The van der Waals surface area contributed by atoms with E-state index < -0.39 is 19.0 Å². The Hall–Kier alpha value is -1.79. The summed E-state index contributed by atoms with van der Waals surface area (Å²) in [5, 5.41) is 2.58. The topological polar surface area (TPSA) is 58.1 Å². The lowest BCUT2D eigenvalue weighted by Crippen LogP contribution is -2.40. The fraction of sp³-hybridized carbons (Fsp3) is 0.615. The number of halogens is 2. The van der Waals surface area contributed by atoms with Gasteiger partial charge in [0.05, 0.1) is 24.6 Å². The molecule has 0 atom stereocenters. The van der Waals surface area contributed by atoms with Gasteiger partial charge in [0.2, 0.25) is 0 Å². The van der Waals surface area contributed by atoms with E-state index in [0.29, 0.717) is 11.6 Å². The number of hydrogen-bond donors (Lipinski definition) is 1. The van der Waals surface area contributed by atoms with Crippen LogP contribution in [0.25, 0.3) is 0 Å². The summed E-state index contributed by atoms with van der Waals surface area (Å²) < 4.78 is 24.9. The molecule has 2 fully saturated rings. The van der Waals surface area contributed by atoms with Crippen molar-refractivity contribution in [1.82, 2.24) is 14.9 Å². The Morgan fingerprint density at radius 2 is 1.95 bits per heavy atom. The third-order valence-electron chi connectivity index (χ3n) is 3.45. The van der Waals surface area contributed by atoms with Crippen LogP contribution in [0.1, 0.15) is 37.4 Å². The number of urea groups is 1. The first-order valence-corrected chi connectivity index (χ1v) is 6.81. The van der Waals surface area contributed by atoms with E-state index in [0.717, 1.165) is 31.5 Å². The zero-order chi connectivity index (χ0) is 14.1. The van der Waals surface area contributed by atoms with Gasteiger partial charge in [-0.1, -0.05) is 0 Å². The lowest BCUT2D eigenvalue weighted by molar-refractivity contribution is 0.0994. The minimum Gasteiger partial charge on any atom is -0.316 e. The summed E-state index contributed by atoms with van der Waals surface area (Å²) in [5.41, 5.74) is 0.444. The summed E-state index contributed by atoms with van der Waals surface area (Å²) >= 11 is 0. The zero-order valence-corrected chi connectivity index (χ0v) is 10.9. The number of nitrogens with one attached hydrogen (secondary N) is 1. The van der Waals surface area contributed by atoms with Crippen LogP contribution in [0.3, 0.4) is 0 Å². The maximum absolute atomic E-state index is 12.5. The van der Waals surface area contributed by atoms with Gasteiger partial charge in [-0.05, 0) is 25.7 Å². The van der Waals surface area contributed by atoms with E-state index in [-0.39, 0.29) is 6.04 Å². The van der Waals surface area contributed by atoms with Crippen LogP contribution in [0.5, 0.6) is 0 Å². The summed E-state index contributed by atoms with van der Waals surface area (Å²) in [6.07, 6.45) is 4.34. The quantitative estimate of drug-likeness (QED) is 0.903. The molecule has 1 aromatic rings. The molecule has 1 N–H and O–H groups in total. The molecule has 7 heteroatoms. The van der Waals surface area contributed by atoms with Crippen LogP contribution in [-0.4, -0.2) is 39.9 Å². The SMILES string of the molecule is O=C(Nc1cnc(C2CC2)nc1)N(CC(F)F)C1CC1. The molecule has 2 aliphatic rings. The van der Waals surface area contributed by atoms with Gasteiger partial charge in [0.25, 0.3) is 6.43 Å². The predicted molar refractivity (Wildman–Crippen MR) is 68.8 cm³/mol. The normalized spacial score (nSPS) is 18.1. The van der Waals surface area contributed by atoms with Crippen molar-refractivity contribution in [2.45, 2.75) is 44.1 Å². The van der Waals surface area contributed by atoms with Crippen LogP contribution in [0.2, 0.25) is 0 Å². The van der Waals surface area contributed by atoms with Gasteiger partial charge in [-0.3, -0.25) is 0 Å². The smallest absolute Gasteiger partial charge is 0.316 e. The van der Waals surface area contributed by atoms with Crippen LogP contribution in [0.15, 0.2) is 12.4 Å². The molecule has 2 saturated carbocycles. The second-order valence-electron chi connectivity index (χ2n) is 5.31. The van der Waals surface area contributed by atoms with Gasteiger partial charge in [-0.2, -0.15) is 0 Å². The van der Waals surface area contributed by atoms with Gasteiger partial charge in [-0.25, -0.2) is 23.5 Å². The molecule has 108 valence electrons. The molecule has 2 aliphatic carbocycles. The third-order valence-corrected chi connectivity index (χ3v) is 3.45. The fourth-order valence-corrected chi connectivity index (χ4v) is 2.08. The zero-order valence-electron chi connectivity index (χ0n) is 10.9. The Morgan fingerprint density at radius 3 is 2.45 bits per heavy atom. The van der Waals surface area contributed by atoms with E-state index in [4.69, 9.17) is 0 Å². The molecule has 0 saturated heterocycles. The number of anilines is 1. The average molecular weight is 282 g/mol. The maximum atomic E-state index is 12.5. The molecule has 0 radical (unpaired) electrons. The van der Waals surface area contributed by atoms with Crippen molar-refractivity contribution in [3.05, 3.63) is 18.2 Å². The van der Waals surface area contributed by atoms with Crippen LogP contribution >= 0.6 is 0 Å². The van der Waals surface area contributed by atoms with E-state index in [1.54, 1.807) is 0 Å². The molecular formula is C13H16F2N4O. The largest absolute Gasteiger partial charge is 0.322 e. The molecule has 1 aromatic heterocycles. The van der Waals surface area contributed by atoms with Gasteiger partial charge in [0, 0.05) is 12.0 Å². The Kier molecular flexibility index (Phi) is 3.50. The van der Waals surface area contributed by atoms with Gasteiger partial charge in [0.1, 0.15) is 5.82 Å². The highest BCUT2D eigenvalue weighted by molar-refractivity contribution is 5.89. The van der Waals surface area contributed by atoms with E-state index in [1.165, 1.54) is 17.3 Å². The highest BCUT2D eigenvalue weighted by atomic mass is 19.3. The first-order chi connectivity index (χ1) is 9.63. The van der Waals surface area contributed by atoms with Crippen molar-refractivity contribution < 1.29 is 13.6 Å². The Bertz CT molecular complexity index is 486. The number of hydrogen-bond acceptors (Lipinski definition) is 3. The molecule has 0 bridgehead atoms. The first-order valence-electron chi connectivity index (χ1n) is 6.81. The summed E-state index contributed by atoms with van der Waals surface area (Å²) in [5.74, 6) is 1.23. The highest BCUT2D eigenvalue weighted by Gasteiger charge is 2.34. The molecule has 3 rings (SSSR count). The molecular weight excluding hydrogens is 266 g/mol. The Labute approximate surface area is 115 Å². The van der Waals surface area contributed by atoms with Gasteiger partial charge in [0.15, 0.2) is 0 Å². The fourth-order valence-electron chi connectivity index (χ4n) is 2.08. The lowest BCUT2D eigenvalue weighted by Gasteiger charge is -2.22. The van der Waals surface area contributed by atoms with Crippen LogP contribution in [-0.2, 0) is 0 Å². The second kappa shape index (κ2) is 5.30. The summed E-state index contributed by atoms with van der Waals surface area (Å²) in [6, 6.07) is -0.564. The number of rotatable bonds is 5. The number of aromatic nitrogens is 2. The van der Waals surface area contributed by atoms with Crippen molar-refractivity contribution in [3.8, 4) is 0 Å². The first kappa shape index (κ1) is 13.2. The van der Waals surface area contributed by atoms with E-state index in [9.17, 15) is 13.6 Å². The molecule has 5 nitrogen and oxygen atoms in total. The van der Waals surface area contributed by atoms with Crippen molar-refractivity contribution in [3.63, 3.8) is 0 Å². The number of alkyl halides is 2. The minimum atomic E-state index is -2.52. The monoisotopic (exact) mass is 282 g/mol. The van der Waals surface area contributed by atoms with Crippen molar-refractivity contribution in [2.75, 3.05) is 11.9 Å². The van der Waals surface area contributed by atoms with Gasteiger partial charge < -0.3 is 10.2 Å². The molecule has 1 heterocycles. The van der Waals surface area contributed by atoms with E-state index in [1.807, 2.05) is 0 Å². The molecule has 20 heavy (non-hydrogen) atoms. The molecule has 0 unspecified atom stereocenters. The highest BCUT2D eigenvalue weighted by Crippen LogP contribution is 2.37. The molecule has 0 aromatic carbocycles. The third kappa shape index (κ3) is 3.20. The number of carbonyl (C=O) groups excluding carboxylic acids is 1. The van der Waals surface area contributed by atoms with Gasteiger partial charge in [-0.15, -0.1) is 0 Å². The maximum Gasteiger partial charge on any atom is 0.322 e. The van der Waals surface area contributed by atoms with E-state index in [2.05, 4.69) is 15.3 Å². The predicted octanol–water partition coefficient (Wildman–Crippen LogP) is 2.62. The number of amides is 2. The average Bonchev–Trinajstić information content (AvgIpc) is 3.29. The van der Waals surface area contributed by atoms with Crippen LogP contribution < -0.4 is 5.32 Å². The number of carbonyl (C=O) groups is 1. The van der Waals surface area contributed by atoms with Crippen molar-refractivity contribution in [1.29, 1.82) is 0 Å². The Balaban J connectivity index is 1.61. The van der Waals surface area contributed by atoms with Gasteiger partial charge >= 0.3 is 6.03 Å². The molecule has 2 amide bonds. The van der Waals surface area contributed by atoms with Crippen LogP contribution in [0.4, 0.5) is 19.3 Å². The molecule has 0 aliphatic heterocycles. The summed E-state index contributed by atoms with van der Waals surface area (Å²) in [4.78, 5) is 21.5. The number of nitrogens with zero attached hydrogens (tertiary/aromatic N) is 3. The molecule has 0 spiro atoms. The standard InChI is InChI=1S/C13H16F2N4O/c14-11(15)7-19(10-3-4-10)13(20)18-9-5-16-12(17-6-9)8-1-2-8/h5-6,8,10-11H,1-4,7H2,(H,18,20). The lowest BCUT2D eigenvalue weighted by atomic mass is 10.4. The Morgan fingerprint density at radius 1 is 1.30 bits per heavy atom. The minimum absolute atomic E-state index is 0.0596. The van der Waals surface area contributed by atoms with Crippen molar-refractivity contribution in [2.24, 2.45) is 0 Å². The van der Waals surface area contributed by atoms with E-state index >= 15 is 0 Å². The summed E-state index contributed by atoms with van der Waals surface area (Å²) in [6.45, 7) is -0.530. The summed E-state index contributed by atoms with van der Waals surface area (Å²) in [7, 11) is 0. The van der Waals surface area contributed by atoms with Crippen molar-refractivity contribution >= 4 is 11.7 Å².